The summed E-state index contributed by atoms with van der Waals surface area (Å²) in [4.78, 5) is 26.4. The van der Waals surface area contributed by atoms with Gasteiger partial charge >= 0.3 is 0 Å². The van der Waals surface area contributed by atoms with E-state index in [9.17, 15) is 14.7 Å². The molecule has 0 bridgehead atoms. The van der Waals surface area contributed by atoms with Gasteiger partial charge in [0.1, 0.15) is 0 Å². The van der Waals surface area contributed by atoms with Gasteiger partial charge in [-0.15, -0.1) is 0 Å². The van der Waals surface area contributed by atoms with Crippen molar-refractivity contribution >= 4 is 11.8 Å². The van der Waals surface area contributed by atoms with E-state index < -0.39 is 5.60 Å². The first-order chi connectivity index (χ1) is 11.4. The Morgan fingerprint density at radius 3 is 2.75 bits per heavy atom. The minimum Gasteiger partial charge on any atom is -0.388 e. The smallest absolute Gasteiger partial charge is 0.254 e. The highest BCUT2D eigenvalue weighted by Crippen LogP contribution is 2.31. The summed E-state index contributed by atoms with van der Waals surface area (Å²) in [5.41, 5.74) is 3.41. The van der Waals surface area contributed by atoms with E-state index in [1.165, 1.54) is 16.7 Å². The maximum Gasteiger partial charge on any atom is 0.254 e. The van der Waals surface area contributed by atoms with Gasteiger partial charge in [-0.05, 0) is 61.8 Å². The van der Waals surface area contributed by atoms with E-state index in [-0.39, 0.29) is 24.8 Å². The number of β-amino-alcohol motifs (C(OH)–C–C–N with tert-alkyl or cyclic N) is 1. The van der Waals surface area contributed by atoms with Crippen LogP contribution in [0.5, 0.6) is 0 Å². The second-order valence-corrected chi connectivity index (χ2v) is 7.15. The number of fused-ring (bicyclic) bond motifs is 1. The number of amides is 2. The molecule has 130 valence electrons. The summed E-state index contributed by atoms with van der Waals surface area (Å²) in [6, 6.07) is 3.95. The molecule has 1 aliphatic carbocycles. The Hall–Kier alpha value is -1.88. The summed E-state index contributed by atoms with van der Waals surface area (Å²) in [5, 5.41) is 13.3. The standard InChI is InChI=1S/C19H26N2O3/c1-13-7-8-16(15-6-3-5-14(13)15)18(23)21-10-4-9-19(24,12-21)11-17(22)20-2/h7-8,24H,3-6,9-12H2,1-2H3,(H,20,22). The van der Waals surface area contributed by atoms with Crippen molar-refractivity contribution < 1.29 is 14.7 Å². The van der Waals surface area contributed by atoms with Gasteiger partial charge in [-0.25, -0.2) is 0 Å². The molecule has 2 N–H and O–H groups in total. The van der Waals surface area contributed by atoms with Gasteiger partial charge in [0.2, 0.25) is 5.91 Å². The predicted molar refractivity (Wildman–Crippen MR) is 92.0 cm³/mol. The number of rotatable bonds is 3. The maximum atomic E-state index is 13.0. The molecule has 2 amide bonds. The number of carbonyl (C=O) groups excluding carboxylic acids is 2. The lowest BCUT2D eigenvalue weighted by Crippen LogP contribution is -2.52. The van der Waals surface area contributed by atoms with Crippen molar-refractivity contribution in [1.82, 2.24) is 10.2 Å². The van der Waals surface area contributed by atoms with Crippen LogP contribution in [0.2, 0.25) is 0 Å². The van der Waals surface area contributed by atoms with Gasteiger partial charge in [-0.1, -0.05) is 6.07 Å². The maximum absolute atomic E-state index is 13.0. The molecule has 1 aromatic carbocycles. The average molecular weight is 330 g/mol. The summed E-state index contributed by atoms with van der Waals surface area (Å²) in [6.07, 6.45) is 4.40. The predicted octanol–water partition coefficient (Wildman–Crippen LogP) is 1.59. The largest absolute Gasteiger partial charge is 0.388 e. The van der Waals surface area contributed by atoms with Crippen molar-refractivity contribution in [2.24, 2.45) is 0 Å². The van der Waals surface area contributed by atoms with Gasteiger partial charge in [0.25, 0.3) is 5.91 Å². The third-order valence-electron chi connectivity index (χ3n) is 5.36. The minimum atomic E-state index is -1.12. The Balaban J connectivity index is 1.81. The zero-order chi connectivity index (χ0) is 17.3. The van der Waals surface area contributed by atoms with Gasteiger partial charge in [0, 0.05) is 19.2 Å². The highest BCUT2D eigenvalue weighted by atomic mass is 16.3. The lowest BCUT2D eigenvalue weighted by atomic mass is 9.88. The van der Waals surface area contributed by atoms with Crippen molar-refractivity contribution in [2.45, 2.75) is 51.0 Å². The van der Waals surface area contributed by atoms with Crippen LogP contribution in [0, 0.1) is 6.92 Å². The van der Waals surface area contributed by atoms with Crippen molar-refractivity contribution in [1.29, 1.82) is 0 Å². The molecule has 1 heterocycles. The summed E-state index contributed by atoms with van der Waals surface area (Å²) in [7, 11) is 1.56. The summed E-state index contributed by atoms with van der Waals surface area (Å²) >= 11 is 0. The van der Waals surface area contributed by atoms with Gasteiger partial charge in [-0.2, -0.15) is 0 Å². The molecule has 3 rings (SSSR count). The molecule has 0 radical (unpaired) electrons. The van der Waals surface area contributed by atoms with Gasteiger partial charge in [0.05, 0.1) is 18.6 Å². The number of nitrogens with zero attached hydrogens (tertiary/aromatic N) is 1. The SMILES string of the molecule is CNC(=O)CC1(O)CCCN(C(=O)c2ccc(C)c3c2CCC3)C1. The van der Waals surface area contributed by atoms with E-state index in [4.69, 9.17) is 0 Å². The molecule has 0 saturated carbocycles. The van der Waals surface area contributed by atoms with Crippen LogP contribution < -0.4 is 5.32 Å². The number of hydrogen-bond acceptors (Lipinski definition) is 3. The first kappa shape index (κ1) is 17.0. The van der Waals surface area contributed by atoms with Crippen LogP contribution in [-0.4, -0.2) is 47.6 Å². The number of likely N-dealkylation sites (tertiary alicyclic amines) is 1. The molecule has 1 aromatic rings. The molecule has 0 spiro atoms. The molecule has 1 saturated heterocycles. The number of carbonyl (C=O) groups is 2. The molecule has 1 atom stereocenters. The van der Waals surface area contributed by atoms with Crippen LogP contribution in [0.1, 0.15) is 52.7 Å². The number of piperidine rings is 1. The van der Waals surface area contributed by atoms with E-state index in [2.05, 4.69) is 12.2 Å². The van der Waals surface area contributed by atoms with E-state index in [0.29, 0.717) is 19.4 Å². The molecular weight excluding hydrogens is 304 g/mol. The molecule has 24 heavy (non-hydrogen) atoms. The van der Waals surface area contributed by atoms with Crippen LogP contribution in [-0.2, 0) is 17.6 Å². The first-order valence-electron chi connectivity index (χ1n) is 8.77. The second-order valence-electron chi connectivity index (χ2n) is 7.15. The third kappa shape index (κ3) is 3.18. The molecule has 5 heteroatoms. The van der Waals surface area contributed by atoms with E-state index >= 15 is 0 Å². The molecular formula is C19H26N2O3. The monoisotopic (exact) mass is 330 g/mol. The van der Waals surface area contributed by atoms with Crippen molar-refractivity contribution in [3.63, 3.8) is 0 Å². The Bertz CT molecular complexity index is 671. The van der Waals surface area contributed by atoms with Gasteiger partial charge in [-0.3, -0.25) is 9.59 Å². The Labute approximate surface area is 143 Å². The molecule has 5 nitrogen and oxygen atoms in total. The topological polar surface area (TPSA) is 69.6 Å². The number of nitrogens with one attached hydrogen (secondary N) is 1. The molecule has 1 aliphatic heterocycles. The second kappa shape index (κ2) is 6.55. The van der Waals surface area contributed by atoms with Crippen LogP contribution in [0.15, 0.2) is 12.1 Å². The lowest BCUT2D eigenvalue weighted by molar-refractivity contribution is -0.127. The quantitative estimate of drug-likeness (QED) is 0.884. The number of aryl methyl sites for hydroxylation is 1. The molecule has 1 fully saturated rings. The van der Waals surface area contributed by atoms with E-state index in [0.717, 1.165) is 24.8 Å². The van der Waals surface area contributed by atoms with Gasteiger partial charge < -0.3 is 15.3 Å². The van der Waals surface area contributed by atoms with Crippen LogP contribution >= 0.6 is 0 Å². The molecule has 0 aromatic heterocycles. The minimum absolute atomic E-state index is 0.0109. The van der Waals surface area contributed by atoms with E-state index in [1.54, 1.807) is 11.9 Å². The third-order valence-corrected chi connectivity index (χ3v) is 5.36. The van der Waals surface area contributed by atoms with Gasteiger partial charge in [0.15, 0.2) is 0 Å². The molecule has 2 aliphatic rings. The highest BCUT2D eigenvalue weighted by molar-refractivity contribution is 5.96. The normalized spacial score (nSPS) is 23.0. The Morgan fingerprint density at radius 2 is 2.00 bits per heavy atom. The fourth-order valence-electron chi connectivity index (χ4n) is 4.07. The van der Waals surface area contributed by atoms with Crippen LogP contribution in [0.4, 0.5) is 0 Å². The van der Waals surface area contributed by atoms with Crippen LogP contribution in [0.3, 0.4) is 0 Å². The fourth-order valence-corrected chi connectivity index (χ4v) is 4.07. The van der Waals surface area contributed by atoms with Crippen molar-refractivity contribution in [3.8, 4) is 0 Å². The first-order valence-corrected chi connectivity index (χ1v) is 8.77. The van der Waals surface area contributed by atoms with Crippen molar-refractivity contribution in [2.75, 3.05) is 20.1 Å². The zero-order valence-electron chi connectivity index (χ0n) is 14.5. The number of aliphatic hydroxyl groups is 1. The van der Waals surface area contributed by atoms with E-state index in [1.807, 2.05) is 12.1 Å². The highest BCUT2D eigenvalue weighted by Gasteiger charge is 2.37. The number of hydrogen-bond donors (Lipinski definition) is 2. The number of benzene rings is 1. The summed E-state index contributed by atoms with van der Waals surface area (Å²) in [6.45, 7) is 2.96. The Kier molecular flexibility index (Phi) is 4.63. The Morgan fingerprint density at radius 1 is 1.25 bits per heavy atom. The average Bonchev–Trinajstić information content (AvgIpc) is 3.04. The summed E-state index contributed by atoms with van der Waals surface area (Å²) < 4.78 is 0. The fraction of sp³-hybridized carbons (Fsp3) is 0.579. The lowest BCUT2D eigenvalue weighted by Gasteiger charge is -2.39. The summed E-state index contributed by atoms with van der Waals surface area (Å²) in [5.74, 6) is -0.203. The zero-order valence-corrected chi connectivity index (χ0v) is 14.5. The van der Waals surface area contributed by atoms with Crippen LogP contribution in [0.25, 0.3) is 0 Å². The molecule has 1 unspecified atom stereocenters. The van der Waals surface area contributed by atoms with Crippen molar-refractivity contribution in [3.05, 3.63) is 34.4 Å².